The van der Waals surface area contributed by atoms with Crippen LogP contribution in [0.3, 0.4) is 0 Å². The third-order valence-electron chi connectivity index (χ3n) is 7.22. The summed E-state index contributed by atoms with van der Waals surface area (Å²) in [5, 5.41) is 2.99. The van der Waals surface area contributed by atoms with E-state index in [1.807, 2.05) is 94.4 Å². The zero-order valence-corrected chi connectivity index (χ0v) is 25.7. The lowest BCUT2D eigenvalue weighted by atomic mass is 10.0. The maximum absolute atomic E-state index is 13.9. The first-order chi connectivity index (χ1) is 19.5. The van der Waals surface area contributed by atoms with Gasteiger partial charge in [0.05, 0.1) is 11.9 Å². The lowest BCUT2D eigenvalue weighted by Crippen LogP contribution is -2.50. The molecule has 3 rings (SSSR count). The maximum atomic E-state index is 13.9. The number of anilines is 1. The normalized spacial score (nSPS) is 12.0. The molecule has 3 aromatic carbocycles. The molecule has 1 N–H and O–H groups in total. The fourth-order valence-corrected chi connectivity index (χ4v) is 5.65. The van der Waals surface area contributed by atoms with Crippen molar-refractivity contribution in [3.63, 3.8) is 0 Å². The topological polar surface area (TPSA) is 86.8 Å². The minimum Gasteiger partial charge on any atom is -0.354 e. The van der Waals surface area contributed by atoms with E-state index in [4.69, 9.17) is 0 Å². The second kappa shape index (κ2) is 14.8. The molecule has 8 heteroatoms. The number of benzene rings is 3. The van der Waals surface area contributed by atoms with Gasteiger partial charge in [-0.1, -0.05) is 73.2 Å². The van der Waals surface area contributed by atoms with Gasteiger partial charge in [-0.15, -0.1) is 0 Å². The highest BCUT2D eigenvalue weighted by molar-refractivity contribution is 7.92. The summed E-state index contributed by atoms with van der Waals surface area (Å²) in [6.45, 7) is 8.89. The smallest absolute Gasteiger partial charge is 0.243 e. The highest BCUT2D eigenvalue weighted by Gasteiger charge is 2.30. The van der Waals surface area contributed by atoms with Crippen molar-refractivity contribution in [2.45, 2.75) is 66.0 Å². The highest BCUT2D eigenvalue weighted by atomic mass is 32.2. The van der Waals surface area contributed by atoms with Crippen LogP contribution in [0.4, 0.5) is 5.69 Å². The van der Waals surface area contributed by atoms with Crippen LogP contribution in [-0.4, -0.2) is 50.5 Å². The number of hydrogen-bond acceptors (Lipinski definition) is 4. The van der Waals surface area contributed by atoms with Gasteiger partial charge in [0.25, 0.3) is 0 Å². The Morgan fingerprint density at radius 2 is 1.56 bits per heavy atom. The molecule has 1 atom stereocenters. The van der Waals surface area contributed by atoms with Crippen molar-refractivity contribution in [3.8, 4) is 0 Å². The van der Waals surface area contributed by atoms with Gasteiger partial charge in [0, 0.05) is 32.5 Å². The molecule has 0 heterocycles. The molecule has 0 aliphatic carbocycles. The molecule has 0 saturated heterocycles. The molecule has 0 fully saturated rings. The van der Waals surface area contributed by atoms with Crippen molar-refractivity contribution >= 4 is 27.5 Å². The van der Waals surface area contributed by atoms with Crippen LogP contribution < -0.4 is 9.62 Å². The second-order valence-electron chi connectivity index (χ2n) is 10.7. The molecule has 0 aromatic heterocycles. The Balaban J connectivity index is 1.87. The second-order valence-corrected chi connectivity index (χ2v) is 12.6. The van der Waals surface area contributed by atoms with Crippen molar-refractivity contribution in [1.29, 1.82) is 0 Å². The molecule has 41 heavy (non-hydrogen) atoms. The lowest BCUT2D eigenvalue weighted by molar-refractivity contribution is -0.141. The zero-order chi connectivity index (χ0) is 30.0. The number of aryl methyl sites for hydroxylation is 3. The van der Waals surface area contributed by atoms with Crippen LogP contribution in [0.1, 0.15) is 54.0 Å². The largest absolute Gasteiger partial charge is 0.354 e. The summed E-state index contributed by atoms with van der Waals surface area (Å²) in [4.78, 5) is 29.0. The summed E-state index contributed by atoms with van der Waals surface area (Å²) >= 11 is 0. The number of amides is 2. The summed E-state index contributed by atoms with van der Waals surface area (Å²) in [5.74, 6) is -0.379. The van der Waals surface area contributed by atoms with Gasteiger partial charge in [-0.05, 0) is 68.0 Å². The molecule has 2 amide bonds. The van der Waals surface area contributed by atoms with E-state index < -0.39 is 16.1 Å². The van der Waals surface area contributed by atoms with Crippen molar-refractivity contribution in [3.05, 3.63) is 101 Å². The van der Waals surface area contributed by atoms with Gasteiger partial charge in [-0.3, -0.25) is 13.9 Å². The first-order valence-electron chi connectivity index (χ1n) is 14.2. The van der Waals surface area contributed by atoms with Crippen LogP contribution in [0, 0.1) is 20.8 Å². The van der Waals surface area contributed by atoms with E-state index in [1.165, 1.54) is 10.6 Å². The zero-order valence-electron chi connectivity index (χ0n) is 24.9. The first kappa shape index (κ1) is 31.9. The highest BCUT2D eigenvalue weighted by Crippen LogP contribution is 2.23. The molecule has 0 saturated carbocycles. The summed E-state index contributed by atoms with van der Waals surface area (Å²) in [6, 6.07) is 22.5. The third-order valence-corrected chi connectivity index (χ3v) is 8.42. The molecule has 3 aromatic rings. The number of hydrogen-bond donors (Lipinski definition) is 1. The van der Waals surface area contributed by atoms with Gasteiger partial charge in [-0.25, -0.2) is 8.42 Å². The Hall–Kier alpha value is -3.65. The molecule has 0 spiro atoms. The Bertz CT molecular complexity index is 1410. The number of sulfonamides is 1. The Morgan fingerprint density at radius 3 is 2.17 bits per heavy atom. The van der Waals surface area contributed by atoms with Crippen molar-refractivity contribution < 1.29 is 18.0 Å². The van der Waals surface area contributed by atoms with Crippen LogP contribution in [0.25, 0.3) is 0 Å². The molecule has 0 unspecified atom stereocenters. The van der Waals surface area contributed by atoms with Crippen LogP contribution in [0.2, 0.25) is 0 Å². The van der Waals surface area contributed by atoms with E-state index in [0.717, 1.165) is 34.2 Å². The molecule has 0 aliphatic heterocycles. The van der Waals surface area contributed by atoms with Gasteiger partial charge in [0.1, 0.15) is 6.04 Å². The van der Waals surface area contributed by atoms with E-state index in [2.05, 4.69) is 5.32 Å². The van der Waals surface area contributed by atoms with E-state index in [0.29, 0.717) is 25.1 Å². The van der Waals surface area contributed by atoms with Crippen molar-refractivity contribution in [1.82, 2.24) is 10.2 Å². The minimum absolute atomic E-state index is 0.106. The number of carbonyl (C=O) groups excluding carboxylic acids is 2. The molecule has 0 bridgehead atoms. The minimum atomic E-state index is -3.55. The first-order valence-corrected chi connectivity index (χ1v) is 16.1. The van der Waals surface area contributed by atoms with Gasteiger partial charge in [-0.2, -0.15) is 0 Å². The maximum Gasteiger partial charge on any atom is 0.243 e. The molecular formula is C33H43N3O4S. The Morgan fingerprint density at radius 1 is 0.878 bits per heavy atom. The quantitative estimate of drug-likeness (QED) is 0.281. The SMILES string of the molecule is CCCNC(=O)[C@H](Cc1ccccc1)N(Cc1ccc(C)cc1)C(=O)CCCN(c1ccc(C)c(C)c1)S(C)(=O)=O. The van der Waals surface area contributed by atoms with Crippen LogP contribution in [0.5, 0.6) is 0 Å². The number of rotatable bonds is 14. The van der Waals surface area contributed by atoms with Gasteiger partial charge < -0.3 is 10.2 Å². The predicted octanol–water partition coefficient (Wildman–Crippen LogP) is 5.32. The summed E-state index contributed by atoms with van der Waals surface area (Å²) in [5.41, 5.74) is 5.66. The number of nitrogens with zero attached hydrogens (tertiary/aromatic N) is 2. The van der Waals surface area contributed by atoms with E-state index in [-0.39, 0.29) is 31.3 Å². The summed E-state index contributed by atoms with van der Waals surface area (Å²) < 4.78 is 26.7. The van der Waals surface area contributed by atoms with Gasteiger partial charge >= 0.3 is 0 Å². The standard InChI is InChI=1S/C33H43N3O4S/c1-6-20-34-33(38)31(23-28-11-8-7-9-12-28)35(24-29-17-14-25(2)15-18-29)32(37)13-10-21-36(41(5,39)40)30-19-16-26(3)27(4)22-30/h7-9,11-12,14-19,22,31H,6,10,13,20-21,23-24H2,1-5H3,(H,34,38)/t31-/m0/s1. The molecule has 0 aliphatic rings. The van der Waals surface area contributed by atoms with Crippen molar-refractivity contribution in [2.24, 2.45) is 0 Å². The molecule has 220 valence electrons. The van der Waals surface area contributed by atoms with E-state index in [1.54, 1.807) is 11.0 Å². The fourth-order valence-electron chi connectivity index (χ4n) is 4.69. The van der Waals surface area contributed by atoms with Crippen molar-refractivity contribution in [2.75, 3.05) is 23.7 Å². The average molecular weight is 578 g/mol. The van der Waals surface area contributed by atoms with Gasteiger partial charge in [0.2, 0.25) is 21.8 Å². The van der Waals surface area contributed by atoms with E-state index in [9.17, 15) is 18.0 Å². The van der Waals surface area contributed by atoms with Crippen LogP contribution >= 0.6 is 0 Å². The monoisotopic (exact) mass is 577 g/mol. The average Bonchev–Trinajstić information content (AvgIpc) is 2.94. The van der Waals surface area contributed by atoms with Crippen LogP contribution in [-0.2, 0) is 32.6 Å². The van der Waals surface area contributed by atoms with E-state index >= 15 is 0 Å². The summed E-state index contributed by atoms with van der Waals surface area (Å²) in [7, 11) is -3.55. The Labute approximate surface area is 245 Å². The number of nitrogens with one attached hydrogen (secondary N) is 1. The molecule has 0 radical (unpaired) electrons. The number of carbonyl (C=O) groups is 2. The predicted molar refractivity (Wildman–Crippen MR) is 166 cm³/mol. The van der Waals surface area contributed by atoms with Crippen LogP contribution in [0.15, 0.2) is 72.8 Å². The summed E-state index contributed by atoms with van der Waals surface area (Å²) in [6.07, 6.45) is 2.77. The Kier molecular flexibility index (Phi) is 11.5. The molecule has 7 nitrogen and oxygen atoms in total. The van der Waals surface area contributed by atoms with Gasteiger partial charge in [0.15, 0.2) is 0 Å². The fraction of sp³-hybridized carbons (Fsp3) is 0.394. The lowest BCUT2D eigenvalue weighted by Gasteiger charge is -2.32. The third kappa shape index (κ3) is 9.46. The molecular weight excluding hydrogens is 534 g/mol.